The number of pyridine rings is 1. The number of piperazine rings is 1. The van der Waals surface area contributed by atoms with E-state index in [0.717, 1.165) is 16.9 Å². The van der Waals surface area contributed by atoms with E-state index in [2.05, 4.69) is 15.2 Å². The SMILES string of the molecule is Cc1cc(C)cc(C(=O)NCC(=O)OCC(=O)N2CCN(c3ccccn3)CC2)c1. The average Bonchev–Trinajstić information content (AvgIpc) is 2.75. The number of rotatable bonds is 6. The zero-order valence-electron chi connectivity index (χ0n) is 17.3. The molecule has 0 saturated carbocycles. The highest BCUT2D eigenvalue weighted by Crippen LogP contribution is 2.12. The largest absolute Gasteiger partial charge is 0.454 e. The van der Waals surface area contributed by atoms with Crippen LogP contribution < -0.4 is 10.2 Å². The summed E-state index contributed by atoms with van der Waals surface area (Å²) in [5, 5.41) is 2.53. The van der Waals surface area contributed by atoms with Crippen LogP contribution in [0.3, 0.4) is 0 Å². The number of aromatic nitrogens is 1. The van der Waals surface area contributed by atoms with Gasteiger partial charge in [-0.2, -0.15) is 0 Å². The lowest BCUT2D eigenvalue weighted by Crippen LogP contribution is -2.50. The number of hydrogen-bond acceptors (Lipinski definition) is 6. The van der Waals surface area contributed by atoms with E-state index in [-0.39, 0.29) is 25.0 Å². The van der Waals surface area contributed by atoms with Crippen LogP contribution in [-0.4, -0.2) is 67.0 Å². The van der Waals surface area contributed by atoms with Crippen molar-refractivity contribution in [1.82, 2.24) is 15.2 Å². The van der Waals surface area contributed by atoms with Crippen molar-refractivity contribution in [2.75, 3.05) is 44.2 Å². The molecule has 1 aliphatic rings. The van der Waals surface area contributed by atoms with E-state index in [0.29, 0.717) is 31.7 Å². The molecular weight excluding hydrogens is 384 g/mol. The number of carbonyl (C=O) groups excluding carboxylic acids is 3. The van der Waals surface area contributed by atoms with Crippen molar-refractivity contribution < 1.29 is 19.1 Å². The van der Waals surface area contributed by atoms with Crippen molar-refractivity contribution in [2.24, 2.45) is 0 Å². The first-order valence-electron chi connectivity index (χ1n) is 9.88. The zero-order chi connectivity index (χ0) is 21.5. The lowest BCUT2D eigenvalue weighted by Gasteiger charge is -2.35. The van der Waals surface area contributed by atoms with Gasteiger partial charge < -0.3 is 19.9 Å². The minimum atomic E-state index is -0.645. The lowest BCUT2D eigenvalue weighted by molar-refractivity contribution is -0.151. The van der Waals surface area contributed by atoms with E-state index in [1.54, 1.807) is 23.2 Å². The summed E-state index contributed by atoms with van der Waals surface area (Å²) in [6.07, 6.45) is 1.74. The molecule has 0 radical (unpaired) electrons. The molecule has 0 atom stereocenters. The Balaban J connectivity index is 1.38. The molecule has 1 aliphatic heterocycles. The monoisotopic (exact) mass is 410 g/mol. The first-order valence-corrected chi connectivity index (χ1v) is 9.88. The Labute approximate surface area is 175 Å². The van der Waals surface area contributed by atoms with E-state index in [4.69, 9.17) is 4.74 Å². The van der Waals surface area contributed by atoms with Crippen LogP contribution in [0.1, 0.15) is 21.5 Å². The maximum Gasteiger partial charge on any atom is 0.325 e. The fraction of sp³-hybridized carbons (Fsp3) is 0.364. The van der Waals surface area contributed by atoms with Crippen LogP contribution in [0, 0.1) is 13.8 Å². The van der Waals surface area contributed by atoms with Crippen LogP contribution >= 0.6 is 0 Å². The lowest BCUT2D eigenvalue weighted by atomic mass is 10.1. The number of hydrogen-bond donors (Lipinski definition) is 1. The van der Waals surface area contributed by atoms with Crippen molar-refractivity contribution in [3.05, 3.63) is 59.3 Å². The number of carbonyl (C=O) groups is 3. The molecule has 30 heavy (non-hydrogen) atoms. The molecule has 1 N–H and O–H groups in total. The number of nitrogens with zero attached hydrogens (tertiary/aromatic N) is 3. The first-order chi connectivity index (χ1) is 14.4. The molecule has 1 fully saturated rings. The second kappa shape index (κ2) is 9.87. The van der Waals surface area contributed by atoms with Gasteiger partial charge in [0.2, 0.25) is 0 Å². The predicted molar refractivity (Wildman–Crippen MR) is 112 cm³/mol. The molecule has 0 aliphatic carbocycles. The fourth-order valence-electron chi connectivity index (χ4n) is 3.37. The molecular formula is C22H26N4O4. The summed E-state index contributed by atoms with van der Waals surface area (Å²) in [4.78, 5) is 44.5. The Kier molecular flexibility index (Phi) is 7.00. The molecule has 1 aromatic carbocycles. The number of benzene rings is 1. The van der Waals surface area contributed by atoms with Gasteiger partial charge >= 0.3 is 5.97 Å². The Bertz CT molecular complexity index is 888. The van der Waals surface area contributed by atoms with Crippen LogP contribution in [0.15, 0.2) is 42.6 Å². The van der Waals surface area contributed by atoms with Gasteiger partial charge in [-0.3, -0.25) is 14.4 Å². The number of esters is 1. The van der Waals surface area contributed by atoms with Crippen LogP contribution in [0.5, 0.6) is 0 Å². The standard InChI is InChI=1S/C22H26N4O4/c1-16-11-17(2)13-18(12-16)22(29)24-14-21(28)30-15-20(27)26-9-7-25(8-10-26)19-5-3-4-6-23-19/h3-6,11-13H,7-10,14-15H2,1-2H3,(H,24,29). The molecule has 1 aromatic heterocycles. The predicted octanol–water partition coefficient (Wildman–Crippen LogP) is 1.32. The van der Waals surface area contributed by atoms with E-state index in [1.165, 1.54) is 0 Å². The molecule has 0 unspecified atom stereocenters. The summed E-state index contributed by atoms with van der Waals surface area (Å²) in [5.74, 6) is -0.357. The summed E-state index contributed by atoms with van der Waals surface area (Å²) in [7, 11) is 0. The Hall–Kier alpha value is -3.42. The van der Waals surface area contributed by atoms with E-state index >= 15 is 0 Å². The molecule has 1 saturated heterocycles. The van der Waals surface area contributed by atoms with Crippen LogP contribution in [-0.2, 0) is 14.3 Å². The second-order valence-electron chi connectivity index (χ2n) is 7.28. The molecule has 3 rings (SSSR count). The number of aryl methyl sites for hydroxylation is 2. The van der Waals surface area contributed by atoms with Crippen molar-refractivity contribution >= 4 is 23.6 Å². The molecule has 2 heterocycles. The van der Waals surface area contributed by atoms with Crippen molar-refractivity contribution in [1.29, 1.82) is 0 Å². The summed E-state index contributed by atoms with van der Waals surface area (Å²) in [6, 6.07) is 11.2. The summed E-state index contributed by atoms with van der Waals surface area (Å²) in [6.45, 7) is 5.60. The smallest absolute Gasteiger partial charge is 0.325 e. The highest BCUT2D eigenvalue weighted by atomic mass is 16.5. The molecule has 158 valence electrons. The topological polar surface area (TPSA) is 91.8 Å². The third-order valence-corrected chi connectivity index (χ3v) is 4.84. The third-order valence-electron chi connectivity index (χ3n) is 4.84. The second-order valence-corrected chi connectivity index (χ2v) is 7.28. The van der Waals surface area contributed by atoms with Crippen molar-refractivity contribution in [3.8, 4) is 0 Å². The van der Waals surface area contributed by atoms with E-state index in [1.807, 2.05) is 38.1 Å². The van der Waals surface area contributed by atoms with Crippen molar-refractivity contribution in [3.63, 3.8) is 0 Å². The normalized spacial score (nSPS) is 13.7. The van der Waals surface area contributed by atoms with Gasteiger partial charge in [-0.05, 0) is 38.1 Å². The Morgan fingerprint density at radius 1 is 1.03 bits per heavy atom. The minimum absolute atomic E-state index is 0.246. The van der Waals surface area contributed by atoms with Gasteiger partial charge in [0.25, 0.3) is 11.8 Å². The van der Waals surface area contributed by atoms with E-state index < -0.39 is 5.97 Å². The summed E-state index contributed by atoms with van der Waals surface area (Å²) < 4.78 is 5.03. The van der Waals surface area contributed by atoms with Crippen LogP contribution in [0.2, 0.25) is 0 Å². The fourth-order valence-corrected chi connectivity index (χ4v) is 3.37. The highest BCUT2D eigenvalue weighted by molar-refractivity contribution is 5.96. The number of nitrogens with one attached hydrogen (secondary N) is 1. The average molecular weight is 410 g/mol. The van der Waals surface area contributed by atoms with Crippen molar-refractivity contribution in [2.45, 2.75) is 13.8 Å². The first kappa shape index (κ1) is 21.3. The van der Waals surface area contributed by atoms with Gasteiger partial charge in [0.15, 0.2) is 6.61 Å². The molecule has 8 nitrogen and oxygen atoms in total. The minimum Gasteiger partial charge on any atom is -0.454 e. The molecule has 0 spiro atoms. The quantitative estimate of drug-likeness (QED) is 0.723. The maximum atomic E-state index is 12.3. The molecule has 0 bridgehead atoms. The highest BCUT2D eigenvalue weighted by Gasteiger charge is 2.22. The summed E-state index contributed by atoms with van der Waals surface area (Å²) in [5.41, 5.74) is 2.43. The molecule has 8 heteroatoms. The van der Waals surface area contributed by atoms with Gasteiger partial charge in [0, 0.05) is 37.9 Å². The Morgan fingerprint density at radius 3 is 2.37 bits per heavy atom. The Morgan fingerprint density at radius 2 is 1.73 bits per heavy atom. The van der Waals surface area contributed by atoms with E-state index in [9.17, 15) is 14.4 Å². The van der Waals surface area contributed by atoms with Gasteiger partial charge in [0.05, 0.1) is 0 Å². The van der Waals surface area contributed by atoms with Gasteiger partial charge in [-0.15, -0.1) is 0 Å². The van der Waals surface area contributed by atoms with Gasteiger partial charge in [0.1, 0.15) is 12.4 Å². The number of amides is 2. The number of ether oxygens (including phenoxy) is 1. The van der Waals surface area contributed by atoms with Gasteiger partial charge in [-0.25, -0.2) is 4.98 Å². The molecule has 2 aromatic rings. The zero-order valence-corrected chi connectivity index (χ0v) is 17.3. The molecule has 2 amide bonds. The van der Waals surface area contributed by atoms with Crippen LogP contribution in [0.4, 0.5) is 5.82 Å². The van der Waals surface area contributed by atoms with Gasteiger partial charge in [-0.1, -0.05) is 23.3 Å². The number of anilines is 1. The maximum absolute atomic E-state index is 12.3. The summed E-state index contributed by atoms with van der Waals surface area (Å²) >= 11 is 0. The third kappa shape index (κ3) is 5.79. The van der Waals surface area contributed by atoms with Crippen LogP contribution in [0.25, 0.3) is 0 Å².